The quantitative estimate of drug-likeness (QED) is 0.451. The van der Waals surface area contributed by atoms with Gasteiger partial charge in [0, 0.05) is 29.9 Å². The van der Waals surface area contributed by atoms with Gasteiger partial charge in [-0.25, -0.2) is 13.1 Å². The molecule has 0 fully saturated rings. The standard InChI is InChI=1S/C20H18N2O5S2/c1-22-15-6-7-16(24)17(18(15)14-8-11-28-19(14)20(22)25)12-2-4-13(5-3-12)29(26,27)21-9-10-23/h2-8,11,21,23-24H,9-10H2,1H3. The van der Waals surface area contributed by atoms with Gasteiger partial charge < -0.3 is 14.8 Å². The van der Waals surface area contributed by atoms with Crippen LogP contribution in [0.1, 0.15) is 0 Å². The zero-order valence-electron chi connectivity index (χ0n) is 15.4. The number of aliphatic hydroxyl groups is 1. The molecular weight excluding hydrogens is 412 g/mol. The maximum Gasteiger partial charge on any atom is 0.268 e. The number of phenols is 1. The fourth-order valence-electron chi connectivity index (χ4n) is 3.42. The van der Waals surface area contributed by atoms with Gasteiger partial charge in [-0.2, -0.15) is 0 Å². The molecule has 0 radical (unpaired) electrons. The molecule has 0 aliphatic carbocycles. The van der Waals surface area contributed by atoms with Gasteiger partial charge in [-0.05, 0) is 41.3 Å². The zero-order valence-corrected chi connectivity index (χ0v) is 17.0. The molecule has 0 spiro atoms. The molecule has 9 heteroatoms. The number of nitrogens with zero attached hydrogens (tertiary/aromatic N) is 1. The molecule has 0 unspecified atom stereocenters. The number of nitrogens with one attached hydrogen (secondary N) is 1. The maximum absolute atomic E-state index is 12.6. The lowest BCUT2D eigenvalue weighted by Gasteiger charge is -2.14. The number of aryl methyl sites for hydroxylation is 1. The van der Waals surface area contributed by atoms with E-state index in [0.717, 1.165) is 10.8 Å². The average Bonchev–Trinajstić information content (AvgIpc) is 3.20. The molecule has 0 bridgehead atoms. The number of hydrogen-bond donors (Lipinski definition) is 3. The summed E-state index contributed by atoms with van der Waals surface area (Å²) in [6.07, 6.45) is 0. The molecule has 2 heterocycles. The third kappa shape index (κ3) is 3.22. The van der Waals surface area contributed by atoms with Crippen molar-refractivity contribution >= 4 is 42.3 Å². The number of benzene rings is 2. The Morgan fingerprint density at radius 2 is 1.83 bits per heavy atom. The lowest BCUT2D eigenvalue weighted by atomic mass is 9.97. The highest BCUT2D eigenvalue weighted by Gasteiger charge is 2.18. The number of fused-ring (bicyclic) bond motifs is 3. The van der Waals surface area contributed by atoms with E-state index in [1.165, 1.54) is 29.5 Å². The summed E-state index contributed by atoms with van der Waals surface area (Å²) in [5.74, 6) is 0.0395. The second kappa shape index (κ2) is 7.27. The summed E-state index contributed by atoms with van der Waals surface area (Å²) < 4.78 is 28.9. The molecule has 4 rings (SSSR count). The van der Waals surface area contributed by atoms with Crippen LogP contribution in [0.25, 0.3) is 32.1 Å². The van der Waals surface area contributed by atoms with Crippen LogP contribution in [0, 0.1) is 0 Å². The first-order chi connectivity index (χ1) is 13.8. The van der Waals surface area contributed by atoms with E-state index in [2.05, 4.69) is 4.72 Å². The molecule has 2 aromatic carbocycles. The van der Waals surface area contributed by atoms with E-state index in [1.807, 2.05) is 11.4 Å². The minimum absolute atomic E-state index is 0.0395. The molecule has 0 saturated carbocycles. The van der Waals surface area contributed by atoms with E-state index in [1.54, 1.807) is 29.8 Å². The third-order valence-corrected chi connectivity index (χ3v) is 7.19. The topological polar surface area (TPSA) is 109 Å². The summed E-state index contributed by atoms with van der Waals surface area (Å²) in [4.78, 5) is 12.7. The molecule has 2 aromatic heterocycles. The normalized spacial score (nSPS) is 12.1. The average molecular weight is 431 g/mol. The Hall–Kier alpha value is -2.72. The van der Waals surface area contributed by atoms with Gasteiger partial charge in [0.25, 0.3) is 5.56 Å². The Morgan fingerprint density at radius 3 is 2.52 bits per heavy atom. The van der Waals surface area contributed by atoms with Crippen molar-refractivity contribution in [3.63, 3.8) is 0 Å². The summed E-state index contributed by atoms with van der Waals surface area (Å²) in [7, 11) is -2.04. The lowest BCUT2D eigenvalue weighted by Crippen LogP contribution is -2.26. The molecular formula is C20H18N2O5S2. The van der Waals surface area contributed by atoms with Crippen LogP contribution in [-0.2, 0) is 17.1 Å². The number of thiophene rings is 1. The minimum Gasteiger partial charge on any atom is -0.507 e. The predicted molar refractivity (Wildman–Crippen MR) is 114 cm³/mol. The molecule has 29 heavy (non-hydrogen) atoms. The summed E-state index contributed by atoms with van der Waals surface area (Å²) in [6.45, 7) is -0.366. The van der Waals surface area contributed by atoms with E-state index in [9.17, 15) is 18.3 Å². The van der Waals surface area contributed by atoms with Crippen molar-refractivity contribution in [2.24, 2.45) is 7.05 Å². The van der Waals surface area contributed by atoms with Crippen molar-refractivity contribution in [1.82, 2.24) is 9.29 Å². The Labute approximate surface area is 170 Å². The van der Waals surface area contributed by atoms with Gasteiger partial charge in [0.05, 0.1) is 17.0 Å². The highest BCUT2D eigenvalue weighted by molar-refractivity contribution is 7.89. The van der Waals surface area contributed by atoms with E-state index >= 15 is 0 Å². The molecule has 0 atom stereocenters. The van der Waals surface area contributed by atoms with E-state index < -0.39 is 10.0 Å². The van der Waals surface area contributed by atoms with Gasteiger partial charge in [-0.15, -0.1) is 11.3 Å². The Morgan fingerprint density at radius 1 is 1.10 bits per heavy atom. The first-order valence-electron chi connectivity index (χ1n) is 8.78. The Kier molecular flexibility index (Phi) is 4.91. The largest absolute Gasteiger partial charge is 0.507 e. The highest BCUT2D eigenvalue weighted by atomic mass is 32.2. The van der Waals surface area contributed by atoms with Crippen molar-refractivity contribution in [2.75, 3.05) is 13.2 Å². The van der Waals surface area contributed by atoms with Gasteiger partial charge in [0.2, 0.25) is 10.0 Å². The lowest BCUT2D eigenvalue weighted by molar-refractivity contribution is 0.301. The summed E-state index contributed by atoms with van der Waals surface area (Å²) in [5.41, 5.74) is 1.74. The van der Waals surface area contributed by atoms with Crippen molar-refractivity contribution < 1.29 is 18.6 Å². The predicted octanol–water partition coefficient (Wildman–Crippen LogP) is 2.40. The van der Waals surface area contributed by atoms with Gasteiger partial charge in [-0.3, -0.25) is 4.79 Å². The van der Waals surface area contributed by atoms with E-state index in [0.29, 0.717) is 21.3 Å². The van der Waals surface area contributed by atoms with Crippen LogP contribution >= 0.6 is 11.3 Å². The number of pyridine rings is 1. The SMILES string of the molecule is Cn1c(=O)c2sccc2c2c(-c3ccc(S(=O)(=O)NCCO)cc3)c(O)ccc21. The number of aliphatic hydroxyl groups excluding tert-OH is 1. The van der Waals surface area contributed by atoms with Crippen LogP contribution in [0.5, 0.6) is 5.75 Å². The zero-order chi connectivity index (χ0) is 20.8. The number of aromatic hydroxyl groups is 1. The number of phenolic OH excluding ortho intramolecular Hbond substituents is 1. The Balaban J connectivity index is 1.95. The van der Waals surface area contributed by atoms with Crippen molar-refractivity contribution in [2.45, 2.75) is 4.90 Å². The number of sulfonamides is 1. The Bertz CT molecular complexity index is 1390. The first-order valence-corrected chi connectivity index (χ1v) is 11.1. The van der Waals surface area contributed by atoms with Crippen LogP contribution in [0.2, 0.25) is 0 Å². The monoisotopic (exact) mass is 430 g/mol. The number of rotatable bonds is 5. The molecule has 0 saturated heterocycles. The van der Waals surface area contributed by atoms with Crippen molar-refractivity contribution in [3.8, 4) is 16.9 Å². The van der Waals surface area contributed by atoms with Gasteiger partial charge in [-0.1, -0.05) is 12.1 Å². The first kappa shape index (κ1) is 19.6. The summed E-state index contributed by atoms with van der Waals surface area (Å²) >= 11 is 1.34. The van der Waals surface area contributed by atoms with E-state index in [-0.39, 0.29) is 29.4 Å². The summed E-state index contributed by atoms with van der Waals surface area (Å²) in [5, 5.41) is 22.8. The second-order valence-corrected chi connectivity index (χ2v) is 9.21. The molecule has 0 aliphatic rings. The molecule has 150 valence electrons. The molecule has 3 N–H and O–H groups in total. The second-order valence-electron chi connectivity index (χ2n) is 6.53. The van der Waals surface area contributed by atoms with Gasteiger partial charge in [0.15, 0.2) is 0 Å². The fourth-order valence-corrected chi connectivity index (χ4v) is 5.32. The van der Waals surface area contributed by atoms with Crippen molar-refractivity contribution in [1.29, 1.82) is 0 Å². The minimum atomic E-state index is -3.73. The molecule has 7 nitrogen and oxygen atoms in total. The van der Waals surface area contributed by atoms with Crippen LogP contribution in [0.3, 0.4) is 0 Å². The van der Waals surface area contributed by atoms with Crippen LogP contribution < -0.4 is 10.3 Å². The molecule has 4 aromatic rings. The van der Waals surface area contributed by atoms with Gasteiger partial charge in [0.1, 0.15) is 10.4 Å². The number of hydrogen-bond acceptors (Lipinski definition) is 6. The summed E-state index contributed by atoms with van der Waals surface area (Å²) in [6, 6.07) is 11.2. The maximum atomic E-state index is 12.6. The third-order valence-electron chi connectivity index (χ3n) is 4.81. The molecule has 0 aliphatic heterocycles. The number of aromatic nitrogens is 1. The van der Waals surface area contributed by atoms with Gasteiger partial charge >= 0.3 is 0 Å². The van der Waals surface area contributed by atoms with Crippen LogP contribution in [0.4, 0.5) is 0 Å². The van der Waals surface area contributed by atoms with Crippen LogP contribution in [0.15, 0.2) is 57.5 Å². The molecule has 0 amide bonds. The van der Waals surface area contributed by atoms with Crippen LogP contribution in [-0.4, -0.2) is 36.3 Å². The van der Waals surface area contributed by atoms with Crippen molar-refractivity contribution in [3.05, 3.63) is 58.2 Å². The highest BCUT2D eigenvalue weighted by Crippen LogP contribution is 2.40. The van der Waals surface area contributed by atoms with E-state index in [4.69, 9.17) is 5.11 Å². The fraction of sp³-hybridized carbons (Fsp3) is 0.150. The smallest absolute Gasteiger partial charge is 0.268 e.